The van der Waals surface area contributed by atoms with Gasteiger partial charge in [-0.3, -0.25) is 4.79 Å². The number of carbonyl (C=O) groups excluding carboxylic acids is 1. The number of thioether (sulfide) groups is 1. The normalized spacial score (nSPS) is 11.7. The number of aliphatic hydroxyl groups is 1. The van der Waals surface area contributed by atoms with Crippen molar-refractivity contribution in [2.45, 2.75) is 30.9 Å². The minimum absolute atomic E-state index is 0.0424. The van der Waals surface area contributed by atoms with Crippen LogP contribution in [0.1, 0.15) is 30.6 Å². The third kappa shape index (κ3) is 5.46. The van der Waals surface area contributed by atoms with Gasteiger partial charge in [0.2, 0.25) is 0 Å². The monoisotopic (exact) mass is 303 g/mol. The van der Waals surface area contributed by atoms with Gasteiger partial charge in [-0.05, 0) is 24.0 Å². The molecule has 0 radical (unpaired) electrons. The predicted octanol–water partition coefficient (Wildman–Crippen LogP) is 3.14. The zero-order valence-corrected chi connectivity index (χ0v) is 12.3. The summed E-state index contributed by atoms with van der Waals surface area (Å²) in [5.41, 5.74) is 0.00691. The summed E-state index contributed by atoms with van der Waals surface area (Å²) >= 11 is 0.363. The largest absolute Gasteiger partial charge is 0.396 e. The molecular formula is C14H19F2NO2S. The highest BCUT2D eigenvalue weighted by molar-refractivity contribution is 7.99. The maximum Gasteiger partial charge on any atom is 0.288 e. The minimum atomic E-state index is -2.56. The fourth-order valence-electron chi connectivity index (χ4n) is 1.66. The van der Waals surface area contributed by atoms with Gasteiger partial charge >= 0.3 is 0 Å². The van der Waals surface area contributed by atoms with E-state index in [1.807, 2.05) is 13.8 Å². The molecule has 0 aromatic heterocycles. The maximum absolute atomic E-state index is 12.4. The molecule has 1 aromatic carbocycles. The van der Waals surface area contributed by atoms with Crippen molar-refractivity contribution in [2.24, 2.45) is 5.41 Å². The fourth-order valence-corrected chi connectivity index (χ4v) is 2.30. The van der Waals surface area contributed by atoms with Crippen molar-refractivity contribution in [3.8, 4) is 0 Å². The van der Waals surface area contributed by atoms with E-state index >= 15 is 0 Å². The lowest BCUT2D eigenvalue weighted by Gasteiger charge is -2.24. The number of hydrogen-bond donors (Lipinski definition) is 2. The third-order valence-corrected chi connectivity index (χ3v) is 3.65. The summed E-state index contributed by atoms with van der Waals surface area (Å²) < 4.78 is 24.9. The van der Waals surface area contributed by atoms with Crippen molar-refractivity contribution in [3.05, 3.63) is 29.8 Å². The second-order valence-electron chi connectivity index (χ2n) is 5.20. The van der Waals surface area contributed by atoms with E-state index in [1.54, 1.807) is 12.1 Å². The van der Waals surface area contributed by atoms with Gasteiger partial charge in [0.25, 0.3) is 11.7 Å². The molecule has 0 bridgehead atoms. The van der Waals surface area contributed by atoms with E-state index in [4.69, 9.17) is 5.11 Å². The molecular weight excluding hydrogens is 284 g/mol. The summed E-state index contributed by atoms with van der Waals surface area (Å²) in [6, 6.07) is 6.30. The second kappa shape index (κ2) is 7.59. The second-order valence-corrected chi connectivity index (χ2v) is 6.23. The molecule has 112 valence electrons. The first-order valence-electron chi connectivity index (χ1n) is 6.28. The van der Waals surface area contributed by atoms with Crippen LogP contribution in [0.2, 0.25) is 0 Å². The van der Waals surface area contributed by atoms with E-state index in [1.165, 1.54) is 12.1 Å². The van der Waals surface area contributed by atoms with Crippen LogP contribution < -0.4 is 5.32 Å². The van der Waals surface area contributed by atoms with Crippen LogP contribution in [-0.2, 0) is 0 Å². The Morgan fingerprint density at radius 3 is 2.65 bits per heavy atom. The average Bonchev–Trinajstić information content (AvgIpc) is 2.36. The Hall–Kier alpha value is -1.14. The van der Waals surface area contributed by atoms with E-state index in [0.717, 1.165) is 0 Å². The van der Waals surface area contributed by atoms with Crippen molar-refractivity contribution >= 4 is 17.7 Å². The van der Waals surface area contributed by atoms with E-state index in [-0.39, 0.29) is 28.4 Å². The summed E-state index contributed by atoms with van der Waals surface area (Å²) in [5, 5.41) is 11.7. The van der Waals surface area contributed by atoms with E-state index in [0.29, 0.717) is 24.7 Å². The summed E-state index contributed by atoms with van der Waals surface area (Å²) in [7, 11) is 0. The fraction of sp³-hybridized carbons (Fsp3) is 0.500. The number of alkyl halides is 2. The third-order valence-electron chi connectivity index (χ3n) is 2.86. The lowest BCUT2D eigenvalue weighted by molar-refractivity contribution is 0.0925. The molecule has 0 fully saturated rings. The van der Waals surface area contributed by atoms with E-state index in [9.17, 15) is 13.6 Å². The van der Waals surface area contributed by atoms with Crippen LogP contribution >= 0.6 is 11.8 Å². The molecule has 1 amide bonds. The Labute approximate surface area is 121 Å². The first-order valence-corrected chi connectivity index (χ1v) is 7.16. The molecule has 0 atom stereocenters. The van der Waals surface area contributed by atoms with Crippen LogP contribution in [0.15, 0.2) is 29.2 Å². The minimum Gasteiger partial charge on any atom is -0.396 e. The van der Waals surface area contributed by atoms with Crippen molar-refractivity contribution in [3.63, 3.8) is 0 Å². The van der Waals surface area contributed by atoms with Crippen LogP contribution in [0.4, 0.5) is 8.78 Å². The molecule has 1 rings (SSSR count). The molecule has 0 unspecified atom stereocenters. The summed E-state index contributed by atoms with van der Waals surface area (Å²) in [4.78, 5) is 12.3. The number of hydrogen-bond acceptors (Lipinski definition) is 3. The highest BCUT2D eigenvalue weighted by Gasteiger charge is 2.20. The number of aliphatic hydroxyl groups excluding tert-OH is 1. The highest BCUT2D eigenvalue weighted by atomic mass is 32.2. The molecule has 0 saturated heterocycles. The average molecular weight is 303 g/mol. The Bertz CT molecular complexity index is 453. The van der Waals surface area contributed by atoms with Gasteiger partial charge in [0.15, 0.2) is 0 Å². The van der Waals surface area contributed by atoms with Crippen LogP contribution in [0.3, 0.4) is 0 Å². The Kier molecular flexibility index (Phi) is 6.42. The van der Waals surface area contributed by atoms with Crippen LogP contribution in [-0.4, -0.2) is 29.9 Å². The number of amides is 1. The van der Waals surface area contributed by atoms with Crippen LogP contribution in [0.25, 0.3) is 0 Å². The zero-order chi connectivity index (χ0) is 15.2. The summed E-state index contributed by atoms with van der Waals surface area (Å²) in [6.45, 7) is 4.26. The zero-order valence-electron chi connectivity index (χ0n) is 11.5. The van der Waals surface area contributed by atoms with Gasteiger partial charge in [-0.15, -0.1) is 0 Å². The van der Waals surface area contributed by atoms with Gasteiger partial charge in [0, 0.05) is 18.0 Å². The maximum atomic E-state index is 12.4. The lowest BCUT2D eigenvalue weighted by atomic mass is 9.89. The molecule has 6 heteroatoms. The molecule has 3 nitrogen and oxygen atoms in total. The number of benzene rings is 1. The Morgan fingerprint density at radius 1 is 1.40 bits per heavy atom. The van der Waals surface area contributed by atoms with Crippen LogP contribution in [0, 0.1) is 5.41 Å². The predicted molar refractivity (Wildman–Crippen MR) is 76.1 cm³/mol. The molecule has 0 saturated carbocycles. The molecule has 0 spiro atoms. The SMILES string of the molecule is CC(C)(CCO)CNC(=O)c1ccccc1SC(F)F. The molecule has 20 heavy (non-hydrogen) atoms. The van der Waals surface area contributed by atoms with Gasteiger partial charge in [-0.25, -0.2) is 0 Å². The van der Waals surface area contributed by atoms with Crippen molar-refractivity contribution in [1.82, 2.24) is 5.32 Å². The van der Waals surface area contributed by atoms with Gasteiger partial charge in [-0.1, -0.05) is 37.7 Å². The highest BCUT2D eigenvalue weighted by Crippen LogP contribution is 2.28. The quantitative estimate of drug-likeness (QED) is 0.761. The molecule has 1 aromatic rings. The number of halogens is 2. The van der Waals surface area contributed by atoms with Gasteiger partial charge < -0.3 is 10.4 Å². The van der Waals surface area contributed by atoms with Gasteiger partial charge in [0.05, 0.1) is 5.56 Å². The standard InChI is InChI=1S/C14H19F2NO2S/c1-14(2,7-8-18)9-17-12(19)10-5-3-4-6-11(10)20-13(15)16/h3-6,13,18H,7-9H2,1-2H3,(H,17,19). The Morgan fingerprint density at radius 2 is 2.05 bits per heavy atom. The van der Waals surface area contributed by atoms with E-state index in [2.05, 4.69) is 5.32 Å². The Balaban J connectivity index is 2.73. The van der Waals surface area contributed by atoms with Gasteiger partial charge in [-0.2, -0.15) is 8.78 Å². The first-order chi connectivity index (χ1) is 9.35. The van der Waals surface area contributed by atoms with Crippen molar-refractivity contribution < 1.29 is 18.7 Å². The first kappa shape index (κ1) is 16.9. The molecule has 0 aliphatic heterocycles. The molecule has 0 aliphatic rings. The van der Waals surface area contributed by atoms with Gasteiger partial charge in [0.1, 0.15) is 0 Å². The lowest BCUT2D eigenvalue weighted by Crippen LogP contribution is -2.34. The number of carbonyl (C=O) groups is 1. The van der Waals surface area contributed by atoms with E-state index < -0.39 is 5.76 Å². The smallest absolute Gasteiger partial charge is 0.288 e. The number of nitrogens with one attached hydrogen (secondary N) is 1. The van der Waals surface area contributed by atoms with Crippen molar-refractivity contribution in [2.75, 3.05) is 13.2 Å². The van der Waals surface area contributed by atoms with Crippen molar-refractivity contribution in [1.29, 1.82) is 0 Å². The molecule has 2 N–H and O–H groups in total. The van der Waals surface area contributed by atoms with Crippen LogP contribution in [0.5, 0.6) is 0 Å². The summed E-state index contributed by atoms with van der Waals surface area (Å²) in [6.07, 6.45) is 0.556. The molecule has 0 heterocycles. The number of rotatable bonds is 7. The topological polar surface area (TPSA) is 49.3 Å². The molecule has 0 aliphatic carbocycles. The summed E-state index contributed by atoms with van der Waals surface area (Å²) in [5.74, 6) is -2.94.